The normalized spacial score (nSPS) is 15.9. The third kappa shape index (κ3) is 2.92. The van der Waals surface area contributed by atoms with E-state index < -0.39 is 0 Å². The van der Waals surface area contributed by atoms with E-state index in [2.05, 4.69) is 25.9 Å². The SMILES string of the molecule is NC(=O)CN(c1ncnc(Cl)c1Br)C1CCCC1. The van der Waals surface area contributed by atoms with Gasteiger partial charge in [0, 0.05) is 6.04 Å². The van der Waals surface area contributed by atoms with Crippen molar-refractivity contribution >= 4 is 39.3 Å². The Hall–Kier alpha value is -0.880. The van der Waals surface area contributed by atoms with Crippen LogP contribution >= 0.6 is 27.5 Å². The van der Waals surface area contributed by atoms with Crippen molar-refractivity contribution in [2.75, 3.05) is 11.4 Å². The van der Waals surface area contributed by atoms with E-state index >= 15 is 0 Å². The number of hydrogen-bond acceptors (Lipinski definition) is 4. The number of amides is 1. The summed E-state index contributed by atoms with van der Waals surface area (Å²) < 4.78 is 0.611. The summed E-state index contributed by atoms with van der Waals surface area (Å²) in [4.78, 5) is 21.3. The zero-order valence-corrected chi connectivity index (χ0v) is 12.1. The molecule has 18 heavy (non-hydrogen) atoms. The fourth-order valence-electron chi connectivity index (χ4n) is 2.30. The van der Waals surface area contributed by atoms with Gasteiger partial charge in [-0.3, -0.25) is 4.79 Å². The lowest BCUT2D eigenvalue weighted by Crippen LogP contribution is -2.41. The summed E-state index contributed by atoms with van der Waals surface area (Å²) >= 11 is 9.33. The van der Waals surface area contributed by atoms with Gasteiger partial charge in [-0.2, -0.15) is 0 Å². The number of carbonyl (C=O) groups is 1. The first-order chi connectivity index (χ1) is 8.59. The molecule has 98 valence electrons. The molecule has 0 saturated heterocycles. The number of nitrogens with two attached hydrogens (primary N) is 1. The Morgan fingerprint density at radius 2 is 2.17 bits per heavy atom. The molecule has 0 radical (unpaired) electrons. The first kappa shape index (κ1) is 13.5. The van der Waals surface area contributed by atoms with E-state index in [-0.39, 0.29) is 12.5 Å². The van der Waals surface area contributed by atoms with Gasteiger partial charge >= 0.3 is 0 Å². The highest BCUT2D eigenvalue weighted by atomic mass is 79.9. The number of nitrogens with zero attached hydrogens (tertiary/aromatic N) is 3. The van der Waals surface area contributed by atoms with Crippen LogP contribution in [0.15, 0.2) is 10.8 Å². The molecule has 0 atom stereocenters. The largest absolute Gasteiger partial charge is 0.368 e. The number of halogens is 2. The lowest BCUT2D eigenvalue weighted by molar-refractivity contribution is -0.116. The topological polar surface area (TPSA) is 72.1 Å². The lowest BCUT2D eigenvalue weighted by atomic mass is 10.2. The van der Waals surface area contributed by atoms with Gasteiger partial charge in [-0.1, -0.05) is 24.4 Å². The van der Waals surface area contributed by atoms with Crippen molar-refractivity contribution in [1.29, 1.82) is 0 Å². The summed E-state index contributed by atoms with van der Waals surface area (Å²) in [5, 5.41) is 0.340. The molecule has 2 rings (SSSR count). The Morgan fingerprint density at radius 3 is 2.78 bits per heavy atom. The van der Waals surface area contributed by atoms with E-state index in [0.717, 1.165) is 25.7 Å². The highest BCUT2D eigenvalue weighted by Gasteiger charge is 2.27. The van der Waals surface area contributed by atoms with E-state index in [9.17, 15) is 4.79 Å². The number of hydrogen-bond donors (Lipinski definition) is 1. The number of primary amides is 1. The maximum Gasteiger partial charge on any atom is 0.237 e. The molecule has 0 aromatic carbocycles. The van der Waals surface area contributed by atoms with Crippen molar-refractivity contribution in [2.45, 2.75) is 31.7 Å². The minimum atomic E-state index is -0.372. The molecule has 1 aromatic rings. The molecular weight excluding hydrogens is 320 g/mol. The summed E-state index contributed by atoms with van der Waals surface area (Å²) in [6, 6.07) is 0.291. The fourth-order valence-corrected chi connectivity index (χ4v) is 2.86. The Bertz CT molecular complexity index is 451. The average Bonchev–Trinajstić information content (AvgIpc) is 2.83. The van der Waals surface area contributed by atoms with E-state index in [1.807, 2.05) is 4.90 Å². The van der Waals surface area contributed by atoms with Gasteiger partial charge < -0.3 is 10.6 Å². The van der Waals surface area contributed by atoms with Crippen LogP contribution in [0.4, 0.5) is 5.82 Å². The van der Waals surface area contributed by atoms with Crippen molar-refractivity contribution in [1.82, 2.24) is 9.97 Å². The summed E-state index contributed by atoms with van der Waals surface area (Å²) in [6.07, 6.45) is 5.81. The molecule has 1 fully saturated rings. The molecular formula is C11H14BrClN4O. The predicted octanol–water partition coefficient (Wildman–Crippen LogP) is 2.13. The molecule has 0 unspecified atom stereocenters. The lowest BCUT2D eigenvalue weighted by Gasteiger charge is -2.29. The van der Waals surface area contributed by atoms with Crippen LogP contribution in [0.25, 0.3) is 0 Å². The molecule has 1 aliphatic rings. The molecule has 7 heteroatoms. The number of anilines is 1. The molecule has 5 nitrogen and oxygen atoms in total. The third-order valence-corrected chi connectivity index (χ3v) is 4.34. The molecule has 0 spiro atoms. The number of carbonyl (C=O) groups excluding carboxylic acids is 1. The summed E-state index contributed by atoms with van der Waals surface area (Å²) in [5.74, 6) is 0.268. The predicted molar refractivity (Wildman–Crippen MR) is 73.5 cm³/mol. The second-order valence-corrected chi connectivity index (χ2v) is 5.49. The van der Waals surface area contributed by atoms with Gasteiger partial charge in [-0.05, 0) is 28.8 Å². The molecule has 1 aromatic heterocycles. The minimum absolute atomic E-state index is 0.149. The highest BCUT2D eigenvalue weighted by molar-refractivity contribution is 9.10. The van der Waals surface area contributed by atoms with Crippen LogP contribution in [-0.4, -0.2) is 28.5 Å². The standard InChI is InChI=1S/C11H14BrClN4O/c12-9-10(13)15-6-16-11(9)17(5-8(14)18)7-3-1-2-4-7/h6-7H,1-5H2,(H2,14,18). The van der Waals surface area contributed by atoms with Gasteiger partial charge in [-0.15, -0.1) is 0 Å². The molecule has 0 bridgehead atoms. The van der Waals surface area contributed by atoms with Crippen molar-refractivity contribution in [3.8, 4) is 0 Å². The summed E-state index contributed by atoms with van der Waals surface area (Å²) in [5.41, 5.74) is 5.31. The first-order valence-corrected chi connectivity index (χ1v) is 6.97. The van der Waals surface area contributed by atoms with Gasteiger partial charge in [0.2, 0.25) is 5.91 Å². The van der Waals surface area contributed by atoms with Gasteiger partial charge in [0.05, 0.1) is 11.0 Å². The van der Waals surface area contributed by atoms with Crippen LogP contribution < -0.4 is 10.6 Å². The fraction of sp³-hybridized carbons (Fsp3) is 0.545. The zero-order valence-electron chi connectivity index (χ0n) is 9.77. The summed E-state index contributed by atoms with van der Waals surface area (Å²) in [6.45, 7) is 0.149. The Labute approximate surface area is 119 Å². The van der Waals surface area contributed by atoms with Crippen molar-refractivity contribution in [3.63, 3.8) is 0 Å². The number of aromatic nitrogens is 2. The van der Waals surface area contributed by atoms with Crippen molar-refractivity contribution in [3.05, 3.63) is 16.0 Å². The van der Waals surface area contributed by atoms with Gasteiger partial charge in [0.1, 0.15) is 17.3 Å². The van der Waals surface area contributed by atoms with E-state index in [1.54, 1.807) is 0 Å². The van der Waals surface area contributed by atoms with Crippen molar-refractivity contribution in [2.24, 2.45) is 5.73 Å². The van der Waals surface area contributed by atoms with E-state index in [4.69, 9.17) is 17.3 Å². The number of rotatable bonds is 4. The maximum absolute atomic E-state index is 11.2. The van der Waals surface area contributed by atoms with E-state index in [0.29, 0.717) is 21.5 Å². The van der Waals surface area contributed by atoms with Crippen LogP contribution in [0, 0.1) is 0 Å². The first-order valence-electron chi connectivity index (χ1n) is 5.80. The summed E-state index contributed by atoms with van der Waals surface area (Å²) in [7, 11) is 0. The molecule has 1 amide bonds. The zero-order chi connectivity index (χ0) is 13.1. The van der Waals surface area contributed by atoms with Gasteiger partial charge in [-0.25, -0.2) is 9.97 Å². The molecule has 2 N–H and O–H groups in total. The maximum atomic E-state index is 11.2. The smallest absolute Gasteiger partial charge is 0.237 e. The van der Waals surface area contributed by atoms with Crippen LogP contribution in [0.5, 0.6) is 0 Å². The Morgan fingerprint density at radius 1 is 1.50 bits per heavy atom. The van der Waals surface area contributed by atoms with Crippen LogP contribution in [0.2, 0.25) is 5.15 Å². The van der Waals surface area contributed by atoms with Gasteiger partial charge in [0.15, 0.2) is 0 Å². The van der Waals surface area contributed by atoms with Gasteiger partial charge in [0.25, 0.3) is 0 Å². The van der Waals surface area contributed by atoms with Crippen LogP contribution in [-0.2, 0) is 4.79 Å². The Balaban J connectivity index is 2.32. The van der Waals surface area contributed by atoms with Crippen molar-refractivity contribution < 1.29 is 4.79 Å². The van der Waals surface area contributed by atoms with E-state index in [1.165, 1.54) is 6.33 Å². The Kier molecular flexibility index (Phi) is 4.40. The minimum Gasteiger partial charge on any atom is -0.368 e. The third-order valence-electron chi connectivity index (χ3n) is 3.09. The quantitative estimate of drug-likeness (QED) is 0.857. The molecule has 1 heterocycles. The average molecular weight is 334 g/mol. The van der Waals surface area contributed by atoms with Crippen LogP contribution in [0.1, 0.15) is 25.7 Å². The highest BCUT2D eigenvalue weighted by Crippen LogP contribution is 2.33. The monoisotopic (exact) mass is 332 g/mol. The molecule has 1 aliphatic carbocycles. The second-order valence-electron chi connectivity index (χ2n) is 4.33. The van der Waals surface area contributed by atoms with Crippen LogP contribution in [0.3, 0.4) is 0 Å². The molecule has 1 saturated carbocycles. The second kappa shape index (κ2) is 5.84. The molecule has 0 aliphatic heterocycles.